The molecule has 4 rings (SSSR count). The molecule has 7 heteroatoms. The maximum atomic E-state index is 12.6. The van der Waals surface area contributed by atoms with Gasteiger partial charge in [-0.15, -0.1) is 11.8 Å². The predicted octanol–water partition coefficient (Wildman–Crippen LogP) is 4.98. The molecule has 2 heterocycles. The molecule has 0 spiro atoms. The fourth-order valence-corrected chi connectivity index (χ4v) is 3.51. The smallest absolute Gasteiger partial charge is 0.257 e. The van der Waals surface area contributed by atoms with Gasteiger partial charge >= 0.3 is 0 Å². The van der Waals surface area contributed by atoms with Gasteiger partial charge in [-0.1, -0.05) is 23.4 Å². The molecular formula is C22H18N4O2S. The van der Waals surface area contributed by atoms with Crippen molar-refractivity contribution in [1.82, 2.24) is 15.1 Å². The van der Waals surface area contributed by atoms with Gasteiger partial charge in [-0.2, -0.15) is 4.98 Å². The van der Waals surface area contributed by atoms with E-state index in [1.807, 2.05) is 42.5 Å². The zero-order valence-electron chi connectivity index (χ0n) is 15.7. The Bertz CT molecular complexity index is 1110. The lowest BCUT2D eigenvalue weighted by Crippen LogP contribution is -2.11. The van der Waals surface area contributed by atoms with Crippen molar-refractivity contribution in [2.24, 2.45) is 0 Å². The van der Waals surface area contributed by atoms with Crippen molar-refractivity contribution in [1.29, 1.82) is 0 Å². The maximum absolute atomic E-state index is 12.6. The number of nitrogens with zero attached hydrogens (tertiary/aromatic N) is 3. The van der Waals surface area contributed by atoms with Crippen LogP contribution in [0.5, 0.6) is 0 Å². The lowest BCUT2D eigenvalue weighted by Gasteiger charge is -2.08. The normalized spacial score (nSPS) is 10.7. The number of carbonyl (C=O) groups is 1. The first-order valence-electron chi connectivity index (χ1n) is 9.02. The molecule has 2 aromatic heterocycles. The van der Waals surface area contributed by atoms with Crippen LogP contribution >= 0.6 is 11.8 Å². The summed E-state index contributed by atoms with van der Waals surface area (Å²) in [6.45, 7) is 1.76. The highest BCUT2D eigenvalue weighted by atomic mass is 32.2. The van der Waals surface area contributed by atoms with Crippen LogP contribution in [-0.2, 0) is 5.75 Å². The van der Waals surface area contributed by atoms with Gasteiger partial charge in [0, 0.05) is 28.8 Å². The number of aromatic nitrogens is 3. The Hall–Kier alpha value is -3.45. The van der Waals surface area contributed by atoms with Gasteiger partial charge in [0.05, 0.1) is 5.03 Å². The first kappa shape index (κ1) is 18.9. The summed E-state index contributed by atoms with van der Waals surface area (Å²) >= 11 is 1.65. The fourth-order valence-electron chi connectivity index (χ4n) is 2.71. The number of hydrogen-bond acceptors (Lipinski definition) is 6. The molecule has 2 aromatic carbocycles. The third kappa shape index (κ3) is 4.89. The summed E-state index contributed by atoms with van der Waals surface area (Å²) in [5.41, 5.74) is 3.19. The van der Waals surface area contributed by atoms with Crippen molar-refractivity contribution >= 4 is 23.4 Å². The molecule has 1 amide bonds. The van der Waals surface area contributed by atoms with Gasteiger partial charge in [-0.3, -0.25) is 4.79 Å². The average Bonchev–Trinajstić information content (AvgIpc) is 3.20. The summed E-state index contributed by atoms with van der Waals surface area (Å²) in [4.78, 5) is 21.1. The third-order valence-corrected chi connectivity index (χ3v) is 5.15. The molecule has 0 saturated heterocycles. The molecule has 0 fully saturated rings. The van der Waals surface area contributed by atoms with E-state index in [0.717, 1.165) is 27.6 Å². The van der Waals surface area contributed by atoms with Crippen LogP contribution in [0.25, 0.3) is 11.5 Å². The molecule has 0 saturated carbocycles. The van der Waals surface area contributed by atoms with Crippen molar-refractivity contribution in [3.63, 3.8) is 0 Å². The van der Waals surface area contributed by atoms with Crippen LogP contribution in [0.2, 0.25) is 0 Å². The minimum absolute atomic E-state index is 0.173. The molecular weight excluding hydrogens is 384 g/mol. The van der Waals surface area contributed by atoms with Crippen molar-refractivity contribution in [2.75, 3.05) is 5.32 Å². The lowest BCUT2D eigenvalue weighted by atomic mass is 10.1. The highest BCUT2D eigenvalue weighted by Gasteiger charge is 2.10. The molecule has 29 heavy (non-hydrogen) atoms. The zero-order valence-corrected chi connectivity index (χ0v) is 16.5. The SMILES string of the molecule is Cc1noc(-c2ccc(C(=O)Nc3cccc(CSc4ccccn4)c3)cc2)n1. The quantitative estimate of drug-likeness (QED) is 0.458. The monoisotopic (exact) mass is 402 g/mol. The molecule has 0 unspecified atom stereocenters. The molecule has 0 atom stereocenters. The number of benzene rings is 2. The second-order valence-electron chi connectivity index (χ2n) is 6.34. The van der Waals surface area contributed by atoms with Crippen molar-refractivity contribution in [3.05, 3.63) is 89.9 Å². The summed E-state index contributed by atoms with van der Waals surface area (Å²) in [7, 11) is 0. The van der Waals surface area contributed by atoms with E-state index in [9.17, 15) is 4.79 Å². The molecule has 0 aliphatic rings. The van der Waals surface area contributed by atoms with Gasteiger partial charge in [0.1, 0.15) is 0 Å². The van der Waals surface area contributed by atoms with E-state index in [-0.39, 0.29) is 5.91 Å². The summed E-state index contributed by atoms with van der Waals surface area (Å²) in [5.74, 6) is 1.61. The van der Waals surface area contributed by atoms with Crippen molar-refractivity contribution in [3.8, 4) is 11.5 Å². The lowest BCUT2D eigenvalue weighted by molar-refractivity contribution is 0.102. The molecule has 0 bridgehead atoms. The number of thioether (sulfide) groups is 1. The number of nitrogens with one attached hydrogen (secondary N) is 1. The van der Waals surface area contributed by atoms with Crippen LogP contribution in [0.15, 0.2) is 82.5 Å². The van der Waals surface area contributed by atoms with Crippen LogP contribution in [0.3, 0.4) is 0 Å². The Kier molecular flexibility index (Phi) is 5.67. The number of pyridine rings is 1. The maximum Gasteiger partial charge on any atom is 0.257 e. The third-order valence-electron chi connectivity index (χ3n) is 4.13. The van der Waals surface area contributed by atoms with Crippen molar-refractivity contribution in [2.45, 2.75) is 17.7 Å². The molecule has 144 valence electrons. The Labute approximate surface area is 172 Å². The topological polar surface area (TPSA) is 80.9 Å². The zero-order chi connectivity index (χ0) is 20.1. The van der Waals surface area contributed by atoms with E-state index in [0.29, 0.717) is 17.3 Å². The van der Waals surface area contributed by atoms with E-state index in [1.54, 1.807) is 49.1 Å². The first-order chi connectivity index (χ1) is 14.2. The number of hydrogen-bond donors (Lipinski definition) is 1. The van der Waals surface area contributed by atoms with Gasteiger partial charge in [0.25, 0.3) is 11.8 Å². The second kappa shape index (κ2) is 8.70. The Morgan fingerprint density at radius 2 is 1.93 bits per heavy atom. The van der Waals surface area contributed by atoms with E-state index in [2.05, 4.69) is 20.4 Å². The van der Waals surface area contributed by atoms with Crippen LogP contribution < -0.4 is 5.32 Å². The number of anilines is 1. The van der Waals surface area contributed by atoms with Gasteiger partial charge in [0.15, 0.2) is 5.82 Å². The number of carbonyl (C=O) groups excluding carboxylic acids is 1. The summed E-state index contributed by atoms with van der Waals surface area (Å²) in [5, 5.41) is 7.69. The molecule has 0 aliphatic heterocycles. The van der Waals surface area contributed by atoms with Crippen LogP contribution in [0, 0.1) is 6.92 Å². The summed E-state index contributed by atoms with van der Waals surface area (Å²) in [6.07, 6.45) is 1.78. The van der Waals surface area contributed by atoms with Gasteiger partial charge in [-0.05, 0) is 61.0 Å². The van der Waals surface area contributed by atoms with E-state index in [4.69, 9.17) is 4.52 Å². The van der Waals surface area contributed by atoms with Crippen LogP contribution in [0.4, 0.5) is 5.69 Å². The average molecular weight is 402 g/mol. The van der Waals surface area contributed by atoms with Gasteiger partial charge in [-0.25, -0.2) is 4.98 Å². The second-order valence-corrected chi connectivity index (χ2v) is 7.33. The largest absolute Gasteiger partial charge is 0.334 e. The molecule has 4 aromatic rings. The highest BCUT2D eigenvalue weighted by molar-refractivity contribution is 7.98. The minimum atomic E-state index is -0.173. The molecule has 0 aliphatic carbocycles. The van der Waals surface area contributed by atoms with E-state index < -0.39 is 0 Å². The molecule has 1 N–H and O–H groups in total. The van der Waals surface area contributed by atoms with Crippen molar-refractivity contribution < 1.29 is 9.32 Å². The van der Waals surface area contributed by atoms with Crippen LogP contribution in [-0.4, -0.2) is 21.0 Å². The summed E-state index contributed by atoms with van der Waals surface area (Å²) in [6, 6.07) is 20.7. The fraction of sp³-hybridized carbons (Fsp3) is 0.0909. The highest BCUT2D eigenvalue weighted by Crippen LogP contribution is 2.23. The van der Waals surface area contributed by atoms with E-state index >= 15 is 0 Å². The summed E-state index contributed by atoms with van der Waals surface area (Å²) < 4.78 is 5.15. The number of rotatable bonds is 6. The van der Waals surface area contributed by atoms with Gasteiger partial charge < -0.3 is 9.84 Å². The number of amides is 1. The predicted molar refractivity (Wildman–Crippen MR) is 113 cm³/mol. The molecule has 0 radical (unpaired) electrons. The Balaban J connectivity index is 1.40. The van der Waals surface area contributed by atoms with Gasteiger partial charge in [0.2, 0.25) is 0 Å². The molecule has 6 nitrogen and oxygen atoms in total. The Morgan fingerprint density at radius 3 is 2.66 bits per heavy atom. The van der Waals surface area contributed by atoms with E-state index in [1.165, 1.54) is 0 Å². The van der Waals surface area contributed by atoms with Crippen LogP contribution in [0.1, 0.15) is 21.7 Å². The Morgan fingerprint density at radius 1 is 1.07 bits per heavy atom. The standard InChI is InChI=1S/C22H18N4O2S/c1-15-24-22(28-26-15)18-10-8-17(9-11-18)21(27)25-19-6-4-5-16(13-19)14-29-20-7-2-3-12-23-20/h2-13H,14H2,1H3,(H,25,27). The minimum Gasteiger partial charge on any atom is -0.334 e. The first-order valence-corrected chi connectivity index (χ1v) is 10.0. The number of aryl methyl sites for hydroxylation is 1.